The van der Waals surface area contributed by atoms with E-state index in [1.807, 2.05) is 54.6 Å². The summed E-state index contributed by atoms with van der Waals surface area (Å²) in [6.45, 7) is 0.343. The van der Waals surface area contributed by atoms with Crippen molar-refractivity contribution in [3.8, 4) is 11.1 Å². The Bertz CT molecular complexity index is 1280. The molecule has 0 atom stereocenters. The molecular weight excluding hydrogens is 455 g/mol. The Morgan fingerprint density at radius 1 is 0.943 bits per heavy atom. The zero-order valence-corrected chi connectivity index (χ0v) is 18.5. The van der Waals surface area contributed by atoms with Gasteiger partial charge in [0.1, 0.15) is 0 Å². The number of nitrogens with one attached hydrogen (secondary N) is 3. The molecule has 1 amide bonds. The number of amides is 1. The summed E-state index contributed by atoms with van der Waals surface area (Å²) in [6, 6.07) is 21.4. The Morgan fingerprint density at radius 3 is 2.37 bits per heavy atom. The van der Waals surface area contributed by atoms with Crippen LogP contribution in [0.1, 0.15) is 21.6 Å². The first-order valence-electron chi connectivity index (χ1n) is 10.8. The van der Waals surface area contributed by atoms with Crippen LogP contribution in [0.5, 0.6) is 0 Å². The van der Waals surface area contributed by atoms with Crippen molar-refractivity contribution in [2.45, 2.75) is 12.6 Å². The minimum absolute atomic E-state index is 0.0825. The Balaban J connectivity index is 1.52. The maximum Gasteiger partial charge on any atom is 0.416 e. The summed E-state index contributed by atoms with van der Waals surface area (Å²) >= 11 is 0. The number of aromatic nitrogens is 2. The van der Waals surface area contributed by atoms with E-state index in [2.05, 4.69) is 25.6 Å². The predicted molar refractivity (Wildman–Crippen MR) is 129 cm³/mol. The van der Waals surface area contributed by atoms with E-state index in [1.165, 1.54) is 0 Å². The molecule has 0 aliphatic heterocycles. The molecule has 0 saturated heterocycles. The van der Waals surface area contributed by atoms with E-state index in [1.54, 1.807) is 12.5 Å². The minimum Gasteiger partial charge on any atom is -0.348 e. The fourth-order valence-electron chi connectivity index (χ4n) is 3.35. The van der Waals surface area contributed by atoms with Crippen molar-refractivity contribution in [3.05, 3.63) is 108 Å². The molecule has 0 unspecified atom stereocenters. The molecule has 0 radical (unpaired) electrons. The first-order chi connectivity index (χ1) is 16.9. The number of hydrogen-bond donors (Lipinski definition) is 3. The molecular formula is C26H22F3N5O. The lowest BCUT2D eigenvalue weighted by molar-refractivity contribution is -0.137. The summed E-state index contributed by atoms with van der Waals surface area (Å²) in [7, 11) is 0. The third kappa shape index (κ3) is 6.57. The summed E-state index contributed by atoms with van der Waals surface area (Å²) in [4.78, 5) is 24.2. The highest BCUT2D eigenvalue weighted by Crippen LogP contribution is 2.29. The van der Waals surface area contributed by atoms with Gasteiger partial charge in [-0.1, -0.05) is 42.5 Å². The third-order valence-corrected chi connectivity index (χ3v) is 5.14. The maximum absolute atomic E-state index is 12.8. The number of carbonyl (C=O) groups excluding carboxylic acids is 1. The van der Waals surface area contributed by atoms with Crippen molar-refractivity contribution in [1.29, 1.82) is 0 Å². The zero-order valence-electron chi connectivity index (χ0n) is 18.5. The quantitative estimate of drug-likeness (QED) is 0.252. The lowest BCUT2D eigenvalue weighted by Crippen LogP contribution is -2.36. The second-order valence-electron chi connectivity index (χ2n) is 7.66. The standard InChI is InChI=1S/C26H22F3N5O/c27-26(28,29)21-11-9-19(10-12-21)24(35)34-25(31-14-13-23-16-30-17-32-23)33-22-8-4-7-20(15-22)18-5-2-1-3-6-18/h1-12,15-17H,13-14H2,(H,30,32)(H2,31,33,34,35). The number of anilines is 1. The molecule has 3 N–H and O–H groups in total. The van der Waals surface area contributed by atoms with E-state index in [0.29, 0.717) is 18.7 Å². The number of carbonyl (C=O) groups is 1. The third-order valence-electron chi connectivity index (χ3n) is 5.14. The molecule has 0 bridgehead atoms. The molecule has 4 aromatic rings. The number of hydrogen-bond acceptors (Lipinski definition) is 3. The van der Waals surface area contributed by atoms with E-state index in [4.69, 9.17) is 0 Å². The molecule has 6 nitrogen and oxygen atoms in total. The Labute approximate surface area is 200 Å². The highest BCUT2D eigenvalue weighted by molar-refractivity contribution is 6.10. The van der Waals surface area contributed by atoms with E-state index in [0.717, 1.165) is 41.1 Å². The predicted octanol–water partition coefficient (Wildman–Crippen LogP) is 5.54. The average Bonchev–Trinajstić information content (AvgIpc) is 3.38. The van der Waals surface area contributed by atoms with Crippen LogP contribution in [0.2, 0.25) is 0 Å². The van der Waals surface area contributed by atoms with Gasteiger partial charge in [-0.15, -0.1) is 0 Å². The van der Waals surface area contributed by atoms with Gasteiger partial charge in [0.25, 0.3) is 5.91 Å². The molecule has 0 aliphatic carbocycles. The van der Waals surface area contributed by atoms with Crippen molar-refractivity contribution >= 4 is 17.6 Å². The van der Waals surface area contributed by atoms with Crippen LogP contribution in [0.3, 0.4) is 0 Å². The molecule has 0 aliphatic rings. The molecule has 0 fully saturated rings. The van der Waals surface area contributed by atoms with Gasteiger partial charge in [-0.2, -0.15) is 13.2 Å². The Hall–Kier alpha value is -4.40. The summed E-state index contributed by atoms with van der Waals surface area (Å²) in [5, 5.41) is 5.79. The van der Waals surface area contributed by atoms with Crippen molar-refractivity contribution < 1.29 is 18.0 Å². The Kier molecular flexibility index (Phi) is 7.25. The van der Waals surface area contributed by atoms with E-state index in [9.17, 15) is 18.0 Å². The van der Waals surface area contributed by atoms with Crippen molar-refractivity contribution in [1.82, 2.24) is 15.3 Å². The fraction of sp³-hybridized carbons (Fsp3) is 0.115. The maximum atomic E-state index is 12.8. The normalized spacial score (nSPS) is 11.8. The summed E-state index contributed by atoms with van der Waals surface area (Å²) in [6.07, 6.45) is -0.655. The van der Waals surface area contributed by atoms with Gasteiger partial charge in [0.2, 0.25) is 5.96 Å². The molecule has 0 spiro atoms. The number of aliphatic imine (C=N–C) groups is 1. The van der Waals surface area contributed by atoms with E-state index >= 15 is 0 Å². The van der Waals surface area contributed by atoms with Crippen LogP contribution >= 0.6 is 0 Å². The lowest BCUT2D eigenvalue weighted by Gasteiger charge is -2.13. The number of guanidine groups is 1. The van der Waals surface area contributed by atoms with Crippen LogP contribution < -0.4 is 10.6 Å². The number of imidazole rings is 1. The molecule has 4 rings (SSSR count). The van der Waals surface area contributed by atoms with Gasteiger partial charge in [-0.05, 0) is 47.5 Å². The van der Waals surface area contributed by atoms with Crippen LogP contribution in [0, 0.1) is 0 Å². The molecule has 1 heterocycles. The highest BCUT2D eigenvalue weighted by atomic mass is 19.4. The van der Waals surface area contributed by atoms with Gasteiger partial charge in [-0.25, -0.2) is 4.98 Å². The second kappa shape index (κ2) is 10.7. The van der Waals surface area contributed by atoms with Gasteiger partial charge in [0.15, 0.2) is 0 Å². The highest BCUT2D eigenvalue weighted by Gasteiger charge is 2.30. The van der Waals surface area contributed by atoms with Crippen molar-refractivity contribution in [2.24, 2.45) is 4.99 Å². The number of alkyl halides is 3. The van der Waals surface area contributed by atoms with Crippen LogP contribution in [0.25, 0.3) is 11.1 Å². The number of nitrogens with zero attached hydrogens (tertiary/aromatic N) is 2. The first-order valence-corrected chi connectivity index (χ1v) is 10.8. The van der Waals surface area contributed by atoms with Crippen LogP contribution in [-0.2, 0) is 12.6 Å². The van der Waals surface area contributed by atoms with Gasteiger partial charge >= 0.3 is 6.18 Å². The fourth-order valence-corrected chi connectivity index (χ4v) is 3.35. The van der Waals surface area contributed by atoms with Crippen molar-refractivity contribution in [2.75, 3.05) is 11.9 Å². The second-order valence-corrected chi connectivity index (χ2v) is 7.66. The summed E-state index contributed by atoms with van der Waals surface area (Å²) < 4.78 is 38.5. The molecule has 178 valence electrons. The summed E-state index contributed by atoms with van der Waals surface area (Å²) in [5.41, 5.74) is 2.84. The molecule has 3 aromatic carbocycles. The number of aromatic amines is 1. The molecule has 9 heteroatoms. The molecule has 1 aromatic heterocycles. The van der Waals surface area contributed by atoms with Crippen LogP contribution in [0.4, 0.5) is 18.9 Å². The molecule has 0 saturated carbocycles. The first kappa shape index (κ1) is 23.7. The van der Waals surface area contributed by atoms with Gasteiger partial charge in [0, 0.05) is 36.1 Å². The van der Waals surface area contributed by atoms with Crippen LogP contribution in [0.15, 0.2) is 96.4 Å². The zero-order chi connectivity index (χ0) is 24.7. The average molecular weight is 477 g/mol. The monoisotopic (exact) mass is 477 g/mol. The summed E-state index contributed by atoms with van der Waals surface area (Å²) in [5.74, 6) is -0.398. The number of benzene rings is 3. The van der Waals surface area contributed by atoms with Gasteiger partial charge in [-0.3, -0.25) is 15.1 Å². The van der Waals surface area contributed by atoms with Crippen LogP contribution in [-0.4, -0.2) is 28.4 Å². The smallest absolute Gasteiger partial charge is 0.348 e. The van der Waals surface area contributed by atoms with E-state index < -0.39 is 17.6 Å². The van der Waals surface area contributed by atoms with Gasteiger partial charge in [0.05, 0.1) is 11.9 Å². The number of halogens is 3. The number of rotatable bonds is 6. The molecule has 35 heavy (non-hydrogen) atoms. The number of H-pyrrole nitrogens is 1. The van der Waals surface area contributed by atoms with Crippen molar-refractivity contribution in [3.63, 3.8) is 0 Å². The SMILES string of the molecule is O=C(NC(=NCCc1cnc[nH]1)Nc1cccc(-c2ccccc2)c1)c1ccc(C(F)(F)F)cc1. The largest absolute Gasteiger partial charge is 0.416 e. The lowest BCUT2D eigenvalue weighted by atomic mass is 10.1. The Morgan fingerprint density at radius 2 is 1.69 bits per heavy atom. The minimum atomic E-state index is -4.47. The van der Waals surface area contributed by atoms with Gasteiger partial charge < -0.3 is 10.3 Å². The topological polar surface area (TPSA) is 82.2 Å². The van der Waals surface area contributed by atoms with E-state index in [-0.39, 0.29) is 11.5 Å².